The van der Waals surface area contributed by atoms with Gasteiger partial charge in [-0.3, -0.25) is 4.79 Å². The molecule has 0 aliphatic heterocycles. The average Bonchev–Trinajstić information content (AvgIpc) is 2.87. The fourth-order valence-corrected chi connectivity index (χ4v) is 2.34. The molecule has 4 nitrogen and oxygen atoms in total. The number of hydrogen-bond acceptors (Lipinski definition) is 4. The highest BCUT2D eigenvalue weighted by Gasteiger charge is 2.34. The molecule has 0 aliphatic carbocycles. The average molecular weight is 366 g/mol. The minimum absolute atomic E-state index is 0.217. The van der Waals surface area contributed by atoms with E-state index in [4.69, 9.17) is 5.84 Å². The highest BCUT2D eigenvalue weighted by atomic mass is 79.9. The number of alkyl halides is 3. The van der Waals surface area contributed by atoms with E-state index in [2.05, 4.69) is 20.9 Å². The molecule has 2 rings (SSSR count). The minimum Gasteiger partial charge on any atom is -0.267 e. The van der Waals surface area contributed by atoms with E-state index in [1.54, 1.807) is 12.1 Å². The van der Waals surface area contributed by atoms with Crippen molar-refractivity contribution in [2.45, 2.75) is 6.18 Å². The first kappa shape index (κ1) is 14.9. The molecular formula is C11H7BrF3N3OS. The molecule has 1 heterocycles. The van der Waals surface area contributed by atoms with Gasteiger partial charge in [0.2, 0.25) is 5.13 Å². The second-order valence-electron chi connectivity index (χ2n) is 3.70. The first-order chi connectivity index (χ1) is 9.29. The predicted molar refractivity (Wildman–Crippen MR) is 72.3 cm³/mol. The highest BCUT2D eigenvalue weighted by molar-refractivity contribution is 9.10. The van der Waals surface area contributed by atoms with E-state index in [1.807, 2.05) is 0 Å². The number of carbonyl (C=O) groups is 1. The van der Waals surface area contributed by atoms with Gasteiger partial charge in [0.25, 0.3) is 5.91 Å². The molecule has 1 amide bonds. The summed E-state index contributed by atoms with van der Waals surface area (Å²) >= 11 is 3.86. The molecule has 106 valence electrons. The normalized spacial score (nSPS) is 11.4. The third kappa shape index (κ3) is 3.17. The standard InChI is InChI=1S/C11H7BrF3N3OS/c12-7-3-1-6(2-4-7)9(19)18(16)10-17-8(5-20-10)11(13,14)15/h1-5H,16H2. The molecule has 0 unspecified atom stereocenters. The van der Waals surface area contributed by atoms with Crippen LogP contribution in [0.3, 0.4) is 0 Å². The van der Waals surface area contributed by atoms with Crippen molar-refractivity contribution < 1.29 is 18.0 Å². The van der Waals surface area contributed by atoms with E-state index in [1.165, 1.54) is 12.1 Å². The monoisotopic (exact) mass is 365 g/mol. The Bertz CT molecular complexity index is 627. The van der Waals surface area contributed by atoms with Crippen LogP contribution in [0.15, 0.2) is 34.1 Å². The molecule has 0 bridgehead atoms. The van der Waals surface area contributed by atoms with Crippen molar-refractivity contribution >= 4 is 38.3 Å². The molecule has 0 saturated heterocycles. The maximum atomic E-state index is 12.4. The van der Waals surface area contributed by atoms with Crippen molar-refractivity contribution in [1.29, 1.82) is 0 Å². The van der Waals surface area contributed by atoms with Gasteiger partial charge in [0, 0.05) is 15.4 Å². The number of thiazole rings is 1. The molecule has 0 spiro atoms. The summed E-state index contributed by atoms with van der Waals surface area (Å²) < 4.78 is 38.1. The van der Waals surface area contributed by atoms with Crippen molar-refractivity contribution in [3.63, 3.8) is 0 Å². The number of amides is 1. The molecule has 0 atom stereocenters. The number of anilines is 1. The van der Waals surface area contributed by atoms with E-state index in [9.17, 15) is 18.0 Å². The lowest BCUT2D eigenvalue weighted by molar-refractivity contribution is -0.140. The molecule has 0 radical (unpaired) electrons. The summed E-state index contributed by atoms with van der Waals surface area (Å²) in [6, 6.07) is 6.27. The fraction of sp³-hybridized carbons (Fsp3) is 0.0909. The Morgan fingerprint density at radius 1 is 1.30 bits per heavy atom. The van der Waals surface area contributed by atoms with Crippen LogP contribution in [0.5, 0.6) is 0 Å². The number of aromatic nitrogens is 1. The van der Waals surface area contributed by atoms with E-state index < -0.39 is 17.8 Å². The van der Waals surface area contributed by atoms with Gasteiger partial charge in [0.1, 0.15) is 0 Å². The Balaban J connectivity index is 2.22. The van der Waals surface area contributed by atoms with Crippen LogP contribution >= 0.6 is 27.3 Å². The van der Waals surface area contributed by atoms with Crippen molar-refractivity contribution in [2.75, 3.05) is 5.01 Å². The summed E-state index contributed by atoms with van der Waals surface area (Å²) in [4.78, 5) is 15.3. The molecule has 0 fully saturated rings. The molecule has 1 aromatic heterocycles. The van der Waals surface area contributed by atoms with Crippen LogP contribution in [0.2, 0.25) is 0 Å². The zero-order chi connectivity index (χ0) is 14.9. The second kappa shape index (κ2) is 5.51. The summed E-state index contributed by atoms with van der Waals surface area (Å²) in [6.45, 7) is 0. The smallest absolute Gasteiger partial charge is 0.267 e. The van der Waals surface area contributed by atoms with Crippen molar-refractivity contribution in [1.82, 2.24) is 4.98 Å². The van der Waals surface area contributed by atoms with Crippen LogP contribution in [0, 0.1) is 0 Å². The largest absolute Gasteiger partial charge is 0.434 e. The van der Waals surface area contributed by atoms with E-state index in [0.717, 1.165) is 9.85 Å². The minimum atomic E-state index is -4.56. The topological polar surface area (TPSA) is 59.2 Å². The molecular weight excluding hydrogens is 359 g/mol. The predicted octanol–water partition coefficient (Wildman–Crippen LogP) is 3.44. The van der Waals surface area contributed by atoms with Gasteiger partial charge in [0.15, 0.2) is 5.69 Å². The molecule has 1 aromatic carbocycles. The molecule has 20 heavy (non-hydrogen) atoms. The Hall–Kier alpha value is -1.45. The zero-order valence-corrected chi connectivity index (χ0v) is 12.1. The maximum Gasteiger partial charge on any atom is 0.434 e. The number of nitrogens with zero attached hydrogens (tertiary/aromatic N) is 2. The third-order valence-electron chi connectivity index (χ3n) is 2.30. The van der Waals surface area contributed by atoms with Crippen LogP contribution in [-0.4, -0.2) is 10.9 Å². The van der Waals surface area contributed by atoms with Crippen molar-refractivity contribution in [3.8, 4) is 0 Å². The SMILES string of the molecule is NN(C(=O)c1ccc(Br)cc1)c1nc(C(F)(F)F)cs1. The lowest BCUT2D eigenvalue weighted by Crippen LogP contribution is -2.37. The van der Waals surface area contributed by atoms with E-state index in [0.29, 0.717) is 16.3 Å². The van der Waals surface area contributed by atoms with E-state index in [-0.39, 0.29) is 10.7 Å². The summed E-state index contributed by atoms with van der Waals surface area (Å²) in [6.07, 6.45) is -4.56. The Morgan fingerprint density at radius 2 is 1.90 bits per heavy atom. The second-order valence-corrected chi connectivity index (χ2v) is 5.45. The molecule has 2 N–H and O–H groups in total. The third-order valence-corrected chi connectivity index (χ3v) is 3.67. The summed E-state index contributed by atoms with van der Waals surface area (Å²) in [5.74, 6) is 4.88. The number of benzene rings is 1. The number of halogens is 4. The fourth-order valence-electron chi connectivity index (χ4n) is 1.32. The molecule has 2 aromatic rings. The molecule has 0 aliphatic rings. The Labute approximate surface area is 124 Å². The molecule has 0 saturated carbocycles. The van der Waals surface area contributed by atoms with Crippen molar-refractivity contribution in [2.24, 2.45) is 5.84 Å². The van der Waals surface area contributed by atoms with Gasteiger partial charge in [-0.2, -0.15) is 13.2 Å². The summed E-state index contributed by atoms with van der Waals surface area (Å²) in [5.41, 5.74) is -0.823. The first-order valence-corrected chi connectivity index (χ1v) is 6.84. The highest BCUT2D eigenvalue weighted by Crippen LogP contribution is 2.32. The van der Waals surface area contributed by atoms with Gasteiger partial charge in [-0.1, -0.05) is 15.9 Å². The van der Waals surface area contributed by atoms with Crippen LogP contribution in [0.25, 0.3) is 0 Å². The van der Waals surface area contributed by atoms with Crippen LogP contribution in [0.1, 0.15) is 16.1 Å². The number of carbonyl (C=O) groups excluding carboxylic acids is 1. The van der Waals surface area contributed by atoms with Gasteiger partial charge in [-0.05, 0) is 24.3 Å². The van der Waals surface area contributed by atoms with Crippen molar-refractivity contribution in [3.05, 3.63) is 45.4 Å². The van der Waals surface area contributed by atoms with Gasteiger partial charge in [-0.15, -0.1) is 11.3 Å². The maximum absolute atomic E-state index is 12.4. The number of hydrazine groups is 1. The lowest BCUT2D eigenvalue weighted by Gasteiger charge is -2.13. The van der Waals surface area contributed by atoms with Gasteiger partial charge in [0.05, 0.1) is 0 Å². The van der Waals surface area contributed by atoms with Gasteiger partial charge >= 0.3 is 6.18 Å². The van der Waals surface area contributed by atoms with Crippen LogP contribution < -0.4 is 10.9 Å². The lowest BCUT2D eigenvalue weighted by atomic mass is 10.2. The van der Waals surface area contributed by atoms with Gasteiger partial charge in [-0.25, -0.2) is 15.8 Å². The Kier molecular flexibility index (Phi) is 4.11. The number of rotatable bonds is 2. The Morgan fingerprint density at radius 3 is 2.40 bits per heavy atom. The van der Waals surface area contributed by atoms with Gasteiger partial charge < -0.3 is 0 Å². The van der Waals surface area contributed by atoms with Crippen LogP contribution in [-0.2, 0) is 6.18 Å². The van der Waals surface area contributed by atoms with E-state index >= 15 is 0 Å². The quantitative estimate of drug-likeness (QED) is 0.503. The van der Waals surface area contributed by atoms with Crippen LogP contribution in [0.4, 0.5) is 18.3 Å². The zero-order valence-electron chi connectivity index (χ0n) is 9.69. The summed E-state index contributed by atoms with van der Waals surface area (Å²) in [5, 5.41) is 1.19. The number of hydrogen-bond donors (Lipinski definition) is 1. The summed E-state index contributed by atoms with van der Waals surface area (Å²) in [7, 11) is 0. The number of nitrogens with two attached hydrogens (primary N) is 1. The first-order valence-electron chi connectivity index (χ1n) is 5.16. The molecule has 9 heteroatoms.